The molecular formula is C24H24N2O3S. The van der Waals surface area contributed by atoms with E-state index in [0.29, 0.717) is 4.91 Å². The molecule has 0 aromatic heterocycles. The number of nitrogens with zero attached hydrogens (tertiary/aromatic N) is 1. The third kappa shape index (κ3) is 4.33. The Hall–Kier alpha value is -2.86. The van der Waals surface area contributed by atoms with Crippen molar-refractivity contribution in [2.24, 2.45) is 0 Å². The quantitative estimate of drug-likeness (QED) is 0.734. The van der Waals surface area contributed by atoms with Crippen molar-refractivity contribution < 1.29 is 14.4 Å². The Bertz CT molecular complexity index is 1010. The Morgan fingerprint density at radius 2 is 1.93 bits per heavy atom. The normalized spacial score (nSPS) is 19.8. The van der Waals surface area contributed by atoms with E-state index in [-0.39, 0.29) is 36.1 Å². The van der Waals surface area contributed by atoms with Gasteiger partial charge in [-0.15, -0.1) is 0 Å². The molecule has 1 fully saturated rings. The van der Waals surface area contributed by atoms with E-state index in [1.165, 1.54) is 10.5 Å². The zero-order valence-corrected chi connectivity index (χ0v) is 17.7. The topological polar surface area (TPSA) is 66.5 Å². The van der Waals surface area contributed by atoms with Crippen LogP contribution in [0.1, 0.15) is 41.0 Å². The first-order chi connectivity index (χ1) is 14.5. The van der Waals surface area contributed by atoms with Gasteiger partial charge in [0, 0.05) is 13.1 Å². The fourth-order valence-corrected chi connectivity index (χ4v) is 4.81. The van der Waals surface area contributed by atoms with E-state index in [1.54, 1.807) is 6.08 Å². The van der Waals surface area contributed by atoms with Crippen LogP contribution in [0.5, 0.6) is 0 Å². The van der Waals surface area contributed by atoms with E-state index in [4.69, 9.17) is 0 Å². The average Bonchev–Trinajstić information content (AvgIpc) is 3.02. The molecule has 30 heavy (non-hydrogen) atoms. The first-order valence-electron chi connectivity index (χ1n) is 10.2. The molecule has 0 saturated carbocycles. The van der Waals surface area contributed by atoms with Gasteiger partial charge in [0.1, 0.15) is 0 Å². The van der Waals surface area contributed by atoms with Crippen LogP contribution in [0.25, 0.3) is 6.08 Å². The third-order valence-electron chi connectivity index (χ3n) is 5.57. The number of fused-ring (bicyclic) bond motifs is 1. The molecule has 4 rings (SSSR count). The van der Waals surface area contributed by atoms with E-state index in [0.717, 1.165) is 47.7 Å². The summed E-state index contributed by atoms with van der Waals surface area (Å²) in [6.07, 6.45) is 4.55. The number of hydrogen-bond acceptors (Lipinski definition) is 4. The smallest absolute Gasteiger partial charge is 0.293 e. The van der Waals surface area contributed by atoms with Crippen molar-refractivity contribution >= 4 is 34.9 Å². The van der Waals surface area contributed by atoms with Crippen LogP contribution in [-0.4, -0.2) is 35.0 Å². The Morgan fingerprint density at radius 3 is 2.73 bits per heavy atom. The maximum absolute atomic E-state index is 12.7. The van der Waals surface area contributed by atoms with Crippen LogP contribution < -0.4 is 5.32 Å². The molecule has 1 N–H and O–H groups in total. The number of carbonyl (C=O) groups is 3. The predicted octanol–water partition coefficient (Wildman–Crippen LogP) is 4.27. The molecule has 0 spiro atoms. The van der Waals surface area contributed by atoms with Crippen LogP contribution in [0, 0.1) is 6.92 Å². The highest BCUT2D eigenvalue weighted by Crippen LogP contribution is 2.33. The van der Waals surface area contributed by atoms with Gasteiger partial charge >= 0.3 is 0 Å². The van der Waals surface area contributed by atoms with Crippen LogP contribution in [0.4, 0.5) is 4.79 Å². The van der Waals surface area contributed by atoms with Gasteiger partial charge in [-0.1, -0.05) is 54.1 Å². The van der Waals surface area contributed by atoms with E-state index in [1.807, 2.05) is 49.4 Å². The third-order valence-corrected chi connectivity index (χ3v) is 6.48. The molecule has 2 aliphatic rings. The molecule has 1 saturated heterocycles. The maximum Gasteiger partial charge on any atom is 0.293 e. The first kappa shape index (κ1) is 20.4. The van der Waals surface area contributed by atoms with Crippen molar-refractivity contribution in [3.8, 4) is 0 Å². The molecule has 154 valence electrons. The van der Waals surface area contributed by atoms with Crippen molar-refractivity contribution in [3.05, 3.63) is 75.7 Å². The van der Waals surface area contributed by atoms with Crippen LogP contribution in [-0.2, 0) is 16.0 Å². The molecule has 5 nitrogen and oxygen atoms in total. The molecule has 2 aromatic rings. The van der Waals surface area contributed by atoms with E-state index in [2.05, 4.69) is 11.4 Å². The molecular weight excluding hydrogens is 396 g/mol. The minimum atomic E-state index is -0.303. The molecule has 0 unspecified atom stereocenters. The molecule has 1 aliphatic heterocycles. The Kier molecular flexibility index (Phi) is 6.04. The van der Waals surface area contributed by atoms with Gasteiger partial charge in [-0.05, 0) is 60.7 Å². The van der Waals surface area contributed by atoms with Crippen LogP contribution >= 0.6 is 11.8 Å². The highest BCUT2D eigenvalue weighted by Gasteiger charge is 2.35. The fraction of sp³-hybridized carbons (Fsp3) is 0.292. The summed E-state index contributed by atoms with van der Waals surface area (Å²) in [4.78, 5) is 39.3. The minimum Gasteiger partial charge on any atom is -0.354 e. The first-order valence-corrected chi connectivity index (χ1v) is 11.0. The second-order valence-electron chi connectivity index (χ2n) is 7.68. The number of hydrogen-bond donors (Lipinski definition) is 1. The fourth-order valence-electron chi connectivity index (χ4n) is 3.95. The average molecular weight is 421 g/mol. The number of imide groups is 1. The Labute approximate surface area is 180 Å². The van der Waals surface area contributed by atoms with Crippen molar-refractivity contribution in [1.82, 2.24) is 10.2 Å². The summed E-state index contributed by atoms with van der Waals surface area (Å²) < 4.78 is 0. The van der Waals surface area contributed by atoms with Gasteiger partial charge < -0.3 is 5.32 Å². The highest BCUT2D eigenvalue weighted by molar-refractivity contribution is 8.18. The lowest BCUT2D eigenvalue weighted by Gasteiger charge is -2.25. The lowest BCUT2D eigenvalue weighted by molar-refractivity contribution is -0.125. The van der Waals surface area contributed by atoms with E-state index in [9.17, 15) is 14.4 Å². The van der Waals surface area contributed by atoms with Gasteiger partial charge in [0.25, 0.3) is 11.1 Å². The number of amides is 3. The van der Waals surface area contributed by atoms with Gasteiger partial charge in [0.05, 0.1) is 10.8 Å². The number of thioether (sulfide) groups is 1. The SMILES string of the molecule is Cc1ccc(/C=C2/SC(=O)N(CCNC(=O)[C@@H]3CCCc4ccccc43)C2=O)cc1. The van der Waals surface area contributed by atoms with Crippen molar-refractivity contribution in [2.75, 3.05) is 13.1 Å². The summed E-state index contributed by atoms with van der Waals surface area (Å²) in [6.45, 7) is 2.43. The maximum atomic E-state index is 12.7. The van der Waals surface area contributed by atoms with E-state index >= 15 is 0 Å². The highest BCUT2D eigenvalue weighted by atomic mass is 32.2. The lowest BCUT2D eigenvalue weighted by Crippen LogP contribution is -2.39. The summed E-state index contributed by atoms with van der Waals surface area (Å²) in [5.41, 5.74) is 4.34. The molecule has 1 heterocycles. The largest absolute Gasteiger partial charge is 0.354 e. The number of aryl methyl sites for hydroxylation is 2. The van der Waals surface area contributed by atoms with Gasteiger partial charge in [-0.3, -0.25) is 19.3 Å². The molecule has 2 aromatic carbocycles. The molecule has 1 aliphatic carbocycles. The Morgan fingerprint density at radius 1 is 1.17 bits per heavy atom. The summed E-state index contributed by atoms with van der Waals surface area (Å²) in [7, 11) is 0. The predicted molar refractivity (Wildman–Crippen MR) is 119 cm³/mol. The molecule has 0 bridgehead atoms. The van der Waals surface area contributed by atoms with Crippen molar-refractivity contribution in [2.45, 2.75) is 32.1 Å². The molecule has 6 heteroatoms. The van der Waals surface area contributed by atoms with Gasteiger partial charge in [0.2, 0.25) is 5.91 Å². The lowest BCUT2D eigenvalue weighted by atomic mass is 9.82. The zero-order chi connectivity index (χ0) is 21.1. The van der Waals surface area contributed by atoms with Gasteiger partial charge in [0.15, 0.2) is 0 Å². The summed E-state index contributed by atoms with van der Waals surface area (Å²) >= 11 is 0.944. The number of benzene rings is 2. The second kappa shape index (κ2) is 8.88. The van der Waals surface area contributed by atoms with Crippen molar-refractivity contribution in [1.29, 1.82) is 0 Å². The van der Waals surface area contributed by atoms with E-state index < -0.39 is 0 Å². The summed E-state index contributed by atoms with van der Waals surface area (Å²) in [6, 6.07) is 15.8. The molecule has 3 amide bonds. The molecule has 0 radical (unpaired) electrons. The second-order valence-corrected chi connectivity index (χ2v) is 8.67. The van der Waals surface area contributed by atoms with Crippen LogP contribution in [0.15, 0.2) is 53.4 Å². The number of nitrogens with one attached hydrogen (secondary N) is 1. The standard InChI is InChI=1S/C24H24N2O3S/c1-16-9-11-17(12-10-16)15-21-23(28)26(24(29)30-21)14-13-25-22(27)20-8-4-6-18-5-2-3-7-19(18)20/h2-3,5,7,9-12,15,20H,4,6,8,13-14H2,1H3,(H,25,27)/b21-15+/t20-/m1/s1. The molecule has 1 atom stereocenters. The van der Waals surface area contributed by atoms with Gasteiger partial charge in [-0.25, -0.2) is 0 Å². The van der Waals surface area contributed by atoms with Gasteiger partial charge in [-0.2, -0.15) is 0 Å². The number of rotatable bonds is 5. The summed E-state index contributed by atoms with van der Waals surface area (Å²) in [5, 5.41) is 2.62. The van der Waals surface area contributed by atoms with Crippen molar-refractivity contribution in [3.63, 3.8) is 0 Å². The summed E-state index contributed by atoms with van der Waals surface area (Å²) in [5.74, 6) is -0.501. The zero-order valence-electron chi connectivity index (χ0n) is 16.9. The monoisotopic (exact) mass is 420 g/mol. The van der Waals surface area contributed by atoms with Crippen LogP contribution in [0.3, 0.4) is 0 Å². The minimum absolute atomic E-state index is 0.0377. The van der Waals surface area contributed by atoms with Crippen LogP contribution in [0.2, 0.25) is 0 Å². The Balaban J connectivity index is 1.35. The number of carbonyl (C=O) groups excluding carboxylic acids is 3.